The molecule has 0 saturated carbocycles. The molecule has 0 fully saturated rings. The number of anilines is 2. The molecule has 19 heavy (non-hydrogen) atoms. The van der Waals surface area contributed by atoms with Crippen molar-refractivity contribution >= 4 is 11.5 Å². The minimum Gasteiger partial charge on any atom is -0.300 e. The highest BCUT2D eigenvalue weighted by Gasteiger charge is 2.04. The number of hydrogen-bond acceptors (Lipinski definition) is 4. The molecule has 0 saturated heterocycles. The average molecular weight is 260 g/mol. The molecule has 1 heterocycles. The molecule has 0 aliphatic carbocycles. The summed E-state index contributed by atoms with van der Waals surface area (Å²) in [5.41, 5.74) is 5.85. The Kier molecular flexibility index (Phi) is 4.02. The Hall–Kier alpha value is -2.50. The molecule has 0 amide bonds. The van der Waals surface area contributed by atoms with Crippen molar-refractivity contribution in [2.45, 2.75) is 19.9 Å². The molecular formula is C13H16N4O2. The molecule has 100 valence electrons. The van der Waals surface area contributed by atoms with E-state index in [9.17, 15) is 9.59 Å². The van der Waals surface area contributed by atoms with Gasteiger partial charge in [-0.3, -0.25) is 25.2 Å². The van der Waals surface area contributed by atoms with Crippen molar-refractivity contribution in [2.75, 3.05) is 10.9 Å². The number of aromatic nitrogens is 2. The van der Waals surface area contributed by atoms with E-state index >= 15 is 0 Å². The van der Waals surface area contributed by atoms with Crippen LogP contribution < -0.4 is 22.1 Å². The number of benzene rings is 1. The molecule has 2 aromatic rings. The summed E-state index contributed by atoms with van der Waals surface area (Å²) in [6.45, 7) is 2.50. The van der Waals surface area contributed by atoms with Gasteiger partial charge in [0.2, 0.25) is 0 Å². The predicted octanol–water partition coefficient (Wildman–Crippen LogP) is 1.39. The fourth-order valence-electron chi connectivity index (χ4n) is 1.73. The van der Waals surface area contributed by atoms with Gasteiger partial charge in [0.05, 0.1) is 5.69 Å². The highest BCUT2D eigenvalue weighted by molar-refractivity contribution is 5.48. The van der Waals surface area contributed by atoms with E-state index in [1.165, 1.54) is 10.6 Å². The lowest BCUT2D eigenvalue weighted by Crippen LogP contribution is -2.32. The van der Waals surface area contributed by atoms with Crippen LogP contribution in [0.3, 0.4) is 0 Å². The fourth-order valence-corrected chi connectivity index (χ4v) is 1.73. The van der Waals surface area contributed by atoms with Crippen LogP contribution >= 0.6 is 0 Å². The Morgan fingerprint density at radius 2 is 1.89 bits per heavy atom. The number of nitrogens with one attached hydrogen (secondary N) is 3. The summed E-state index contributed by atoms with van der Waals surface area (Å²) in [6.07, 6.45) is 0.798. The van der Waals surface area contributed by atoms with Gasteiger partial charge >= 0.3 is 5.69 Å². The number of nitrogens with zero attached hydrogens (tertiary/aromatic N) is 1. The molecule has 3 N–H and O–H groups in total. The molecule has 0 bridgehead atoms. The molecule has 0 radical (unpaired) electrons. The summed E-state index contributed by atoms with van der Waals surface area (Å²) >= 11 is 0. The van der Waals surface area contributed by atoms with Crippen LogP contribution in [0.15, 0.2) is 46.0 Å². The van der Waals surface area contributed by atoms with Crippen LogP contribution in [0.4, 0.5) is 11.5 Å². The maximum absolute atomic E-state index is 11.7. The van der Waals surface area contributed by atoms with Gasteiger partial charge in [0, 0.05) is 12.6 Å². The molecule has 0 spiro atoms. The normalized spacial score (nSPS) is 10.2. The fraction of sp³-hybridized carbons (Fsp3) is 0.231. The van der Waals surface area contributed by atoms with E-state index in [4.69, 9.17) is 0 Å². The number of H-pyrrole nitrogens is 1. The van der Waals surface area contributed by atoms with Gasteiger partial charge < -0.3 is 0 Å². The molecule has 0 aliphatic rings. The highest BCUT2D eigenvalue weighted by atomic mass is 16.2. The topological polar surface area (TPSA) is 78.9 Å². The molecule has 6 nitrogen and oxygen atoms in total. The van der Waals surface area contributed by atoms with Gasteiger partial charge in [0.1, 0.15) is 5.82 Å². The molecule has 1 aromatic carbocycles. The number of hydrazine groups is 1. The number of para-hydroxylation sites is 1. The SMILES string of the molecule is CCCn1c(NNc2ccccc2)cc(=O)[nH]c1=O. The van der Waals surface area contributed by atoms with E-state index in [2.05, 4.69) is 15.8 Å². The number of rotatable bonds is 5. The van der Waals surface area contributed by atoms with Gasteiger partial charge in [0.15, 0.2) is 0 Å². The molecule has 1 aromatic heterocycles. The summed E-state index contributed by atoms with van der Waals surface area (Å²) in [6, 6.07) is 10.8. The predicted molar refractivity (Wildman–Crippen MR) is 75.3 cm³/mol. The second kappa shape index (κ2) is 5.90. The standard InChI is InChI=1S/C13H16N4O2/c1-2-8-17-11(9-12(18)14-13(17)19)16-15-10-6-4-3-5-7-10/h3-7,9,15-16H,2,8H2,1H3,(H,14,18,19). The van der Waals surface area contributed by atoms with Gasteiger partial charge in [0.25, 0.3) is 5.56 Å². The maximum Gasteiger partial charge on any atom is 0.329 e. The van der Waals surface area contributed by atoms with Crippen LogP contribution in [0.5, 0.6) is 0 Å². The van der Waals surface area contributed by atoms with E-state index in [1.807, 2.05) is 37.3 Å². The molecule has 0 atom stereocenters. The third-order valence-corrected chi connectivity index (χ3v) is 2.59. The smallest absolute Gasteiger partial charge is 0.300 e. The first kappa shape index (κ1) is 12.9. The van der Waals surface area contributed by atoms with E-state index in [0.717, 1.165) is 12.1 Å². The third kappa shape index (κ3) is 3.25. The Labute approximate surface area is 110 Å². The lowest BCUT2D eigenvalue weighted by Gasteiger charge is -2.14. The van der Waals surface area contributed by atoms with Crippen molar-refractivity contribution < 1.29 is 0 Å². The van der Waals surface area contributed by atoms with Crippen molar-refractivity contribution in [3.63, 3.8) is 0 Å². The van der Waals surface area contributed by atoms with Crippen molar-refractivity contribution in [2.24, 2.45) is 0 Å². The minimum absolute atomic E-state index is 0.410. The first-order valence-corrected chi connectivity index (χ1v) is 6.12. The van der Waals surface area contributed by atoms with Gasteiger partial charge in [-0.2, -0.15) is 0 Å². The maximum atomic E-state index is 11.7. The van der Waals surface area contributed by atoms with Crippen LogP contribution in [0.1, 0.15) is 13.3 Å². The first-order chi connectivity index (χ1) is 9.20. The Morgan fingerprint density at radius 1 is 1.16 bits per heavy atom. The zero-order valence-corrected chi connectivity index (χ0v) is 10.6. The van der Waals surface area contributed by atoms with Crippen molar-refractivity contribution in [1.82, 2.24) is 9.55 Å². The van der Waals surface area contributed by atoms with Gasteiger partial charge in [-0.1, -0.05) is 25.1 Å². The Bertz CT molecular complexity index is 646. The number of aromatic amines is 1. The molecule has 0 unspecified atom stereocenters. The van der Waals surface area contributed by atoms with Crippen LogP contribution in [0, 0.1) is 0 Å². The zero-order chi connectivity index (χ0) is 13.7. The Balaban J connectivity index is 2.24. The van der Waals surface area contributed by atoms with Crippen LogP contribution in [0.25, 0.3) is 0 Å². The average Bonchev–Trinajstić information content (AvgIpc) is 2.41. The van der Waals surface area contributed by atoms with Gasteiger partial charge in [-0.25, -0.2) is 4.79 Å². The Morgan fingerprint density at radius 3 is 2.58 bits per heavy atom. The van der Waals surface area contributed by atoms with Crippen molar-refractivity contribution in [3.05, 3.63) is 57.2 Å². The largest absolute Gasteiger partial charge is 0.329 e. The van der Waals surface area contributed by atoms with Crippen LogP contribution in [-0.4, -0.2) is 9.55 Å². The van der Waals surface area contributed by atoms with E-state index in [-0.39, 0.29) is 0 Å². The minimum atomic E-state index is -0.422. The lowest BCUT2D eigenvalue weighted by atomic mass is 10.3. The summed E-state index contributed by atoms with van der Waals surface area (Å²) in [7, 11) is 0. The third-order valence-electron chi connectivity index (χ3n) is 2.59. The molecule has 2 rings (SSSR count). The summed E-state index contributed by atoms with van der Waals surface area (Å²) in [4.78, 5) is 25.3. The van der Waals surface area contributed by atoms with Crippen LogP contribution in [-0.2, 0) is 6.54 Å². The van der Waals surface area contributed by atoms with Crippen LogP contribution in [0.2, 0.25) is 0 Å². The van der Waals surface area contributed by atoms with E-state index < -0.39 is 11.2 Å². The summed E-state index contributed by atoms with van der Waals surface area (Å²) in [5.74, 6) is 0.444. The van der Waals surface area contributed by atoms with Gasteiger partial charge in [-0.05, 0) is 18.6 Å². The second-order valence-corrected chi connectivity index (χ2v) is 4.09. The number of hydrogen-bond donors (Lipinski definition) is 3. The summed E-state index contributed by atoms with van der Waals surface area (Å²) < 4.78 is 1.48. The molecule has 0 aliphatic heterocycles. The van der Waals surface area contributed by atoms with Gasteiger partial charge in [-0.15, -0.1) is 0 Å². The quantitative estimate of drug-likeness (QED) is 0.710. The lowest BCUT2D eigenvalue weighted by molar-refractivity contribution is 0.639. The van der Waals surface area contributed by atoms with Crippen molar-refractivity contribution in [3.8, 4) is 0 Å². The zero-order valence-electron chi connectivity index (χ0n) is 10.6. The van der Waals surface area contributed by atoms with Crippen molar-refractivity contribution in [1.29, 1.82) is 0 Å². The molecule has 6 heteroatoms. The van der Waals surface area contributed by atoms with E-state index in [0.29, 0.717) is 12.4 Å². The summed E-state index contributed by atoms with van der Waals surface area (Å²) in [5, 5.41) is 0. The highest BCUT2D eigenvalue weighted by Crippen LogP contribution is 2.07. The second-order valence-electron chi connectivity index (χ2n) is 4.09. The molecular weight excluding hydrogens is 244 g/mol. The monoisotopic (exact) mass is 260 g/mol. The van der Waals surface area contributed by atoms with E-state index in [1.54, 1.807) is 0 Å². The first-order valence-electron chi connectivity index (χ1n) is 6.12.